The van der Waals surface area contributed by atoms with Gasteiger partial charge in [0.25, 0.3) is 5.91 Å². The molecule has 1 heterocycles. The van der Waals surface area contributed by atoms with Gasteiger partial charge in [0.2, 0.25) is 5.88 Å². The van der Waals surface area contributed by atoms with E-state index in [1.54, 1.807) is 0 Å². The van der Waals surface area contributed by atoms with Gasteiger partial charge in [-0.25, -0.2) is 13.8 Å². The third-order valence-electron chi connectivity index (χ3n) is 2.73. The van der Waals surface area contributed by atoms with E-state index in [0.29, 0.717) is 11.3 Å². The first-order chi connectivity index (χ1) is 9.99. The Morgan fingerprint density at radius 2 is 1.95 bits per heavy atom. The Hall–Kier alpha value is -2.70. The number of ether oxygens (including phenoxy) is 1. The predicted octanol–water partition coefficient (Wildman–Crippen LogP) is 2.08. The van der Waals surface area contributed by atoms with E-state index in [1.807, 2.05) is 0 Å². The number of anilines is 1. The van der Waals surface area contributed by atoms with Gasteiger partial charge in [-0.3, -0.25) is 4.79 Å². The van der Waals surface area contributed by atoms with Crippen molar-refractivity contribution in [2.45, 2.75) is 6.54 Å². The number of rotatable bonds is 5. The molecule has 2 rings (SSSR count). The average Bonchev–Trinajstić information content (AvgIpc) is 2.43. The molecular formula is C14H13F2N3O2. The minimum Gasteiger partial charge on any atom is -0.480 e. The SMILES string of the molecule is COc1ncc(NCc2cc(F)cc(F)c2)cc1C(N)=O. The number of nitrogens with one attached hydrogen (secondary N) is 1. The number of amides is 1. The minimum absolute atomic E-state index is 0.116. The number of carbonyl (C=O) groups excluding carboxylic acids is 1. The van der Waals surface area contributed by atoms with Crippen LogP contribution >= 0.6 is 0 Å². The Labute approximate surface area is 119 Å². The third-order valence-corrected chi connectivity index (χ3v) is 2.73. The molecule has 0 aliphatic carbocycles. The van der Waals surface area contributed by atoms with Crippen molar-refractivity contribution in [1.82, 2.24) is 4.98 Å². The van der Waals surface area contributed by atoms with Crippen LogP contribution in [0.25, 0.3) is 0 Å². The average molecular weight is 293 g/mol. The fourth-order valence-electron chi connectivity index (χ4n) is 1.81. The van der Waals surface area contributed by atoms with E-state index in [2.05, 4.69) is 10.3 Å². The Bertz CT molecular complexity index is 657. The molecular weight excluding hydrogens is 280 g/mol. The second-order valence-electron chi connectivity index (χ2n) is 4.28. The Morgan fingerprint density at radius 1 is 1.29 bits per heavy atom. The van der Waals surface area contributed by atoms with Crippen LogP contribution in [0.15, 0.2) is 30.5 Å². The molecule has 1 amide bonds. The molecule has 0 fully saturated rings. The summed E-state index contributed by atoms with van der Waals surface area (Å²) in [4.78, 5) is 15.2. The first-order valence-corrected chi connectivity index (χ1v) is 6.02. The summed E-state index contributed by atoms with van der Waals surface area (Å²) in [6.07, 6.45) is 1.43. The van der Waals surface area contributed by atoms with Crippen LogP contribution < -0.4 is 15.8 Å². The highest BCUT2D eigenvalue weighted by Crippen LogP contribution is 2.19. The van der Waals surface area contributed by atoms with Gasteiger partial charge in [-0.1, -0.05) is 0 Å². The van der Waals surface area contributed by atoms with E-state index in [0.717, 1.165) is 6.07 Å². The molecule has 0 saturated carbocycles. The van der Waals surface area contributed by atoms with E-state index in [-0.39, 0.29) is 18.0 Å². The van der Waals surface area contributed by atoms with E-state index < -0.39 is 17.5 Å². The maximum atomic E-state index is 13.1. The Kier molecular flexibility index (Phi) is 4.32. The molecule has 21 heavy (non-hydrogen) atoms. The highest BCUT2D eigenvalue weighted by Gasteiger charge is 2.11. The molecule has 0 atom stereocenters. The fourth-order valence-corrected chi connectivity index (χ4v) is 1.81. The summed E-state index contributed by atoms with van der Waals surface area (Å²) in [5.74, 6) is -1.88. The van der Waals surface area contributed by atoms with Crippen molar-refractivity contribution in [3.8, 4) is 5.88 Å². The molecule has 0 bridgehead atoms. The smallest absolute Gasteiger partial charge is 0.254 e. The van der Waals surface area contributed by atoms with E-state index in [1.165, 1.54) is 31.5 Å². The molecule has 7 heteroatoms. The molecule has 0 aliphatic rings. The molecule has 0 saturated heterocycles. The highest BCUT2D eigenvalue weighted by atomic mass is 19.1. The largest absolute Gasteiger partial charge is 0.480 e. The quantitative estimate of drug-likeness (QED) is 0.884. The number of benzene rings is 1. The first-order valence-electron chi connectivity index (χ1n) is 6.02. The van der Waals surface area contributed by atoms with Crippen LogP contribution in [-0.2, 0) is 6.54 Å². The van der Waals surface area contributed by atoms with Gasteiger partial charge in [0, 0.05) is 12.6 Å². The molecule has 5 nitrogen and oxygen atoms in total. The number of primary amides is 1. The van der Waals surface area contributed by atoms with Crippen molar-refractivity contribution in [3.05, 3.63) is 53.2 Å². The van der Waals surface area contributed by atoms with Crippen LogP contribution in [0.4, 0.5) is 14.5 Å². The number of aromatic nitrogens is 1. The van der Waals surface area contributed by atoms with E-state index in [4.69, 9.17) is 10.5 Å². The number of hydrogen-bond donors (Lipinski definition) is 2. The first kappa shape index (κ1) is 14.7. The van der Waals surface area contributed by atoms with Gasteiger partial charge in [0.15, 0.2) is 0 Å². The zero-order chi connectivity index (χ0) is 15.4. The lowest BCUT2D eigenvalue weighted by Gasteiger charge is -2.10. The molecule has 0 aliphatic heterocycles. The van der Waals surface area contributed by atoms with Crippen molar-refractivity contribution in [2.75, 3.05) is 12.4 Å². The van der Waals surface area contributed by atoms with Crippen molar-refractivity contribution in [1.29, 1.82) is 0 Å². The number of hydrogen-bond acceptors (Lipinski definition) is 4. The molecule has 0 spiro atoms. The summed E-state index contributed by atoms with van der Waals surface area (Å²) in [6.45, 7) is 0.168. The number of halogens is 2. The summed E-state index contributed by atoms with van der Waals surface area (Å²) in [5.41, 5.74) is 6.24. The van der Waals surface area contributed by atoms with Gasteiger partial charge in [-0.05, 0) is 23.8 Å². The fraction of sp³-hybridized carbons (Fsp3) is 0.143. The van der Waals surface area contributed by atoms with Crippen molar-refractivity contribution >= 4 is 11.6 Å². The van der Waals surface area contributed by atoms with Gasteiger partial charge in [-0.15, -0.1) is 0 Å². The molecule has 110 valence electrons. The molecule has 1 aromatic carbocycles. The highest BCUT2D eigenvalue weighted by molar-refractivity contribution is 5.95. The second kappa shape index (κ2) is 6.17. The van der Waals surface area contributed by atoms with Crippen LogP contribution in [-0.4, -0.2) is 18.0 Å². The Balaban J connectivity index is 2.16. The van der Waals surface area contributed by atoms with Crippen LogP contribution in [0.5, 0.6) is 5.88 Å². The molecule has 1 aromatic heterocycles. The maximum Gasteiger partial charge on any atom is 0.254 e. The summed E-state index contributed by atoms with van der Waals surface area (Å²) in [7, 11) is 1.37. The topological polar surface area (TPSA) is 77.2 Å². The van der Waals surface area contributed by atoms with Gasteiger partial charge in [-0.2, -0.15) is 0 Å². The normalized spacial score (nSPS) is 10.2. The van der Waals surface area contributed by atoms with E-state index in [9.17, 15) is 13.6 Å². The molecule has 3 N–H and O–H groups in total. The van der Waals surface area contributed by atoms with Crippen LogP contribution in [0.2, 0.25) is 0 Å². The zero-order valence-electron chi connectivity index (χ0n) is 11.2. The van der Waals surface area contributed by atoms with Crippen molar-refractivity contribution < 1.29 is 18.3 Å². The number of pyridine rings is 1. The summed E-state index contributed by atoms with van der Waals surface area (Å²) < 4.78 is 31.0. The number of nitrogens with zero attached hydrogens (tertiary/aromatic N) is 1. The molecule has 2 aromatic rings. The van der Waals surface area contributed by atoms with Crippen LogP contribution in [0, 0.1) is 11.6 Å². The summed E-state index contributed by atoms with van der Waals surface area (Å²) >= 11 is 0. The van der Waals surface area contributed by atoms with Gasteiger partial charge in [0.1, 0.15) is 17.2 Å². The lowest BCUT2D eigenvalue weighted by atomic mass is 10.2. The van der Waals surface area contributed by atoms with Gasteiger partial charge in [0.05, 0.1) is 19.0 Å². The van der Waals surface area contributed by atoms with Crippen LogP contribution in [0.3, 0.4) is 0 Å². The molecule has 0 unspecified atom stereocenters. The van der Waals surface area contributed by atoms with E-state index >= 15 is 0 Å². The van der Waals surface area contributed by atoms with Crippen molar-refractivity contribution in [2.24, 2.45) is 5.73 Å². The summed E-state index contributed by atoms with van der Waals surface area (Å²) in [6, 6.07) is 4.68. The number of nitrogens with two attached hydrogens (primary N) is 1. The zero-order valence-corrected chi connectivity index (χ0v) is 11.2. The molecule has 0 radical (unpaired) electrons. The third kappa shape index (κ3) is 3.65. The number of methoxy groups -OCH3 is 1. The maximum absolute atomic E-state index is 13.1. The summed E-state index contributed by atoms with van der Waals surface area (Å²) in [5, 5.41) is 2.90. The lowest BCUT2D eigenvalue weighted by molar-refractivity contribution is 0.0996. The Morgan fingerprint density at radius 3 is 2.52 bits per heavy atom. The van der Waals surface area contributed by atoms with Gasteiger partial charge < -0.3 is 15.8 Å². The second-order valence-corrected chi connectivity index (χ2v) is 4.28. The van der Waals surface area contributed by atoms with Crippen molar-refractivity contribution in [3.63, 3.8) is 0 Å². The number of carbonyl (C=O) groups is 1. The predicted molar refractivity (Wildman–Crippen MR) is 73.0 cm³/mol. The monoisotopic (exact) mass is 293 g/mol. The standard InChI is InChI=1S/C14H13F2N3O2/c1-21-14-12(13(17)20)5-11(7-19-14)18-6-8-2-9(15)4-10(16)3-8/h2-5,7,18H,6H2,1H3,(H2,17,20). The van der Waals surface area contributed by atoms with Gasteiger partial charge >= 0.3 is 0 Å². The minimum atomic E-state index is -0.681. The van der Waals surface area contributed by atoms with Crippen LogP contribution in [0.1, 0.15) is 15.9 Å². The lowest BCUT2D eigenvalue weighted by Crippen LogP contribution is -2.14.